The van der Waals surface area contributed by atoms with Gasteiger partial charge in [-0.2, -0.15) is 11.8 Å². The average molecular weight is 189 g/mol. The number of nitrogens with one attached hydrogen (secondary N) is 1. The van der Waals surface area contributed by atoms with Crippen LogP contribution in [-0.4, -0.2) is 42.2 Å². The van der Waals surface area contributed by atoms with Crippen molar-refractivity contribution in [1.29, 1.82) is 0 Å². The van der Waals surface area contributed by atoms with Gasteiger partial charge in [-0.15, -0.1) is 0 Å². The van der Waals surface area contributed by atoms with Crippen LogP contribution in [0.5, 0.6) is 0 Å². The summed E-state index contributed by atoms with van der Waals surface area (Å²) in [4.78, 5) is 0. The van der Waals surface area contributed by atoms with Gasteiger partial charge in [0.1, 0.15) is 0 Å². The third-order valence-corrected chi connectivity index (χ3v) is 3.63. The van der Waals surface area contributed by atoms with E-state index in [1.54, 1.807) is 0 Å². The SMILES string of the molecule is CC1CC(CN)(NN(C)C)CS1. The Morgan fingerprint density at radius 2 is 2.33 bits per heavy atom. The maximum Gasteiger partial charge on any atom is 0.0548 e. The number of nitrogens with zero attached hydrogens (tertiary/aromatic N) is 1. The predicted molar refractivity (Wildman–Crippen MR) is 55.1 cm³/mol. The molecule has 1 aliphatic heterocycles. The average Bonchev–Trinajstić information content (AvgIpc) is 2.32. The van der Waals surface area contributed by atoms with E-state index in [2.05, 4.69) is 12.3 Å². The highest BCUT2D eigenvalue weighted by atomic mass is 32.2. The van der Waals surface area contributed by atoms with E-state index in [9.17, 15) is 0 Å². The molecule has 0 saturated carbocycles. The summed E-state index contributed by atoms with van der Waals surface area (Å²) in [6.45, 7) is 2.99. The number of hydrogen-bond acceptors (Lipinski definition) is 4. The maximum atomic E-state index is 5.78. The van der Waals surface area contributed by atoms with Gasteiger partial charge in [-0.3, -0.25) is 5.01 Å². The van der Waals surface area contributed by atoms with E-state index in [0.717, 1.165) is 17.5 Å². The molecule has 1 heterocycles. The Kier molecular flexibility index (Phi) is 3.40. The van der Waals surface area contributed by atoms with Gasteiger partial charge in [0.2, 0.25) is 0 Å². The molecule has 12 heavy (non-hydrogen) atoms. The fraction of sp³-hybridized carbons (Fsp3) is 1.00. The minimum Gasteiger partial charge on any atom is -0.329 e. The van der Waals surface area contributed by atoms with Gasteiger partial charge in [-0.25, -0.2) is 5.43 Å². The molecule has 0 aliphatic carbocycles. The first kappa shape index (κ1) is 10.3. The van der Waals surface area contributed by atoms with Crippen LogP contribution >= 0.6 is 11.8 Å². The number of nitrogens with two attached hydrogens (primary N) is 1. The summed E-state index contributed by atoms with van der Waals surface area (Å²) in [5, 5.41) is 2.74. The molecular weight excluding hydrogens is 170 g/mol. The van der Waals surface area contributed by atoms with Crippen molar-refractivity contribution in [3.63, 3.8) is 0 Å². The topological polar surface area (TPSA) is 41.3 Å². The predicted octanol–water partition coefficient (Wildman–Crippen LogP) is 0.276. The molecule has 0 bridgehead atoms. The van der Waals surface area contributed by atoms with Gasteiger partial charge in [0.15, 0.2) is 0 Å². The van der Waals surface area contributed by atoms with Crippen LogP contribution in [0.25, 0.3) is 0 Å². The first-order valence-corrected chi connectivity index (χ1v) is 5.40. The molecule has 3 nitrogen and oxygen atoms in total. The van der Waals surface area contributed by atoms with Crippen molar-refractivity contribution in [3.8, 4) is 0 Å². The third kappa shape index (κ3) is 2.36. The molecule has 0 aromatic heterocycles. The second-order valence-electron chi connectivity index (χ2n) is 3.82. The lowest BCUT2D eigenvalue weighted by molar-refractivity contribution is 0.177. The third-order valence-electron chi connectivity index (χ3n) is 2.17. The molecule has 0 radical (unpaired) electrons. The van der Waals surface area contributed by atoms with E-state index < -0.39 is 0 Å². The van der Waals surface area contributed by atoms with Gasteiger partial charge in [-0.1, -0.05) is 6.92 Å². The van der Waals surface area contributed by atoms with Crippen molar-refractivity contribution in [2.75, 3.05) is 26.4 Å². The lowest BCUT2D eigenvalue weighted by atomic mass is 9.97. The van der Waals surface area contributed by atoms with E-state index in [0.29, 0.717) is 0 Å². The Morgan fingerprint density at radius 3 is 2.67 bits per heavy atom. The van der Waals surface area contributed by atoms with Gasteiger partial charge in [-0.05, 0) is 6.42 Å². The first-order valence-electron chi connectivity index (χ1n) is 4.35. The molecule has 4 heteroatoms. The summed E-state index contributed by atoms with van der Waals surface area (Å²) in [7, 11) is 4.04. The fourth-order valence-corrected chi connectivity index (χ4v) is 3.05. The van der Waals surface area contributed by atoms with E-state index >= 15 is 0 Å². The molecule has 2 atom stereocenters. The molecule has 0 aromatic rings. The summed E-state index contributed by atoms with van der Waals surface area (Å²) >= 11 is 2.00. The standard InChI is InChI=1S/C8H19N3S/c1-7-4-8(5-9,6-12-7)10-11(2)3/h7,10H,4-6,9H2,1-3H3. The molecule has 1 saturated heterocycles. The van der Waals surface area contributed by atoms with Gasteiger partial charge < -0.3 is 5.73 Å². The second-order valence-corrected chi connectivity index (χ2v) is 5.24. The largest absolute Gasteiger partial charge is 0.329 e. The van der Waals surface area contributed by atoms with Crippen LogP contribution in [-0.2, 0) is 0 Å². The molecule has 72 valence electrons. The summed E-state index contributed by atoms with van der Waals surface area (Å²) in [6.07, 6.45) is 1.17. The Morgan fingerprint density at radius 1 is 1.67 bits per heavy atom. The Labute approximate surface area is 79.0 Å². The van der Waals surface area contributed by atoms with Crippen LogP contribution < -0.4 is 11.2 Å². The van der Waals surface area contributed by atoms with Crippen LogP contribution in [0.2, 0.25) is 0 Å². The highest BCUT2D eigenvalue weighted by molar-refractivity contribution is 8.00. The van der Waals surface area contributed by atoms with E-state index in [1.165, 1.54) is 6.42 Å². The van der Waals surface area contributed by atoms with Crippen LogP contribution in [0.1, 0.15) is 13.3 Å². The molecule has 1 fully saturated rings. The van der Waals surface area contributed by atoms with E-state index in [4.69, 9.17) is 5.73 Å². The highest BCUT2D eigenvalue weighted by Gasteiger charge is 2.37. The lowest BCUT2D eigenvalue weighted by Gasteiger charge is -2.31. The number of hydrazine groups is 1. The second kappa shape index (κ2) is 3.96. The normalized spacial score (nSPS) is 36.2. The minimum absolute atomic E-state index is 0.146. The highest BCUT2D eigenvalue weighted by Crippen LogP contribution is 2.33. The molecule has 3 N–H and O–H groups in total. The Bertz CT molecular complexity index is 151. The van der Waals surface area contributed by atoms with Crippen LogP contribution in [0.4, 0.5) is 0 Å². The molecule has 0 aromatic carbocycles. The lowest BCUT2D eigenvalue weighted by Crippen LogP contribution is -2.56. The molecule has 1 rings (SSSR count). The fourth-order valence-electron chi connectivity index (χ4n) is 1.71. The zero-order valence-corrected chi connectivity index (χ0v) is 8.95. The maximum absolute atomic E-state index is 5.78. The van der Waals surface area contributed by atoms with Crippen molar-refractivity contribution in [3.05, 3.63) is 0 Å². The molecule has 0 spiro atoms. The molecule has 0 amide bonds. The van der Waals surface area contributed by atoms with Crippen molar-refractivity contribution in [2.45, 2.75) is 24.1 Å². The van der Waals surface area contributed by atoms with Crippen LogP contribution in [0.3, 0.4) is 0 Å². The molecule has 1 aliphatic rings. The quantitative estimate of drug-likeness (QED) is 0.626. The van der Waals surface area contributed by atoms with Gasteiger partial charge >= 0.3 is 0 Å². The van der Waals surface area contributed by atoms with Crippen molar-refractivity contribution in [1.82, 2.24) is 10.4 Å². The summed E-state index contributed by atoms with van der Waals surface area (Å²) in [5.41, 5.74) is 9.35. The van der Waals surface area contributed by atoms with Gasteiger partial charge in [0.25, 0.3) is 0 Å². The smallest absolute Gasteiger partial charge is 0.0548 e. The van der Waals surface area contributed by atoms with Crippen molar-refractivity contribution >= 4 is 11.8 Å². The molecule has 2 unspecified atom stereocenters. The number of rotatable bonds is 3. The van der Waals surface area contributed by atoms with Gasteiger partial charge in [0, 0.05) is 31.6 Å². The van der Waals surface area contributed by atoms with Crippen molar-refractivity contribution in [2.24, 2.45) is 5.73 Å². The summed E-state index contributed by atoms with van der Waals surface area (Å²) in [6, 6.07) is 0. The van der Waals surface area contributed by atoms with Gasteiger partial charge in [0.05, 0.1) is 5.54 Å². The van der Waals surface area contributed by atoms with E-state index in [1.807, 2.05) is 30.9 Å². The molecular formula is C8H19N3S. The monoisotopic (exact) mass is 189 g/mol. The minimum atomic E-state index is 0.146. The van der Waals surface area contributed by atoms with E-state index in [-0.39, 0.29) is 5.54 Å². The van der Waals surface area contributed by atoms with Crippen LogP contribution in [0.15, 0.2) is 0 Å². The number of hydrogen-bond donors (Lipinski definition) is 2. The zero-order valence-electron chi connectivity index (χ0n) is 8.13. The van der Waals surface area contributed by atoms with Crippen molar-refractivity contribution < 1.29 is 0 Å². The summed E-state index contributed by atoms with van der Waals surface area (Å²) < 4.78 is 0. The van der Waals surface area contributed by atoms with Crippen LogP contribution in [0, 0.1) is 0 Å². The number of thioether (sulfide) groups is 1. The first-order chi connectivity index (χ1) is 5.58. The summed E-state index contributed by atoms with van der Waals surface area (Å²) in [5.74, 6) is 1.13. The Hall–Kier alpha value is 0.230. The zero-order chi connectivity index (χ0) is 9.19. The Balaban J connectivity index is 2.52.